The molecule has 0 bridgehead atoms. The highest BCUT2D eigenvalue weighted by Crippen LogP contribution is 2.72. The van der Waals surface area contributed by atoms with Crippen molar-refractivity contribution in [2.24, 2.45) is 114 Å². The van der Waals surface area contributed by atoms with Crippen LogP contribution in [0.3, 0.4) is 0 Å². The first kappa shape index (κ1) is 81.8. The maximum absolute atomic E-state index is 12.7. The topological polar surface area (TPSA) is 133 Å². The summed E-state index contributed by atoms with van der Waals surface area (Å²) in [6, 6.07) is 11.2. The number of carbonyl (C=O) groups is 4. The third kappa shape index (κ3) is 13.4. The second-order valence-electron chi connectivity index (χ2n) is 43.3. The summed E-state index contributed by atoms with van der Waals surface area (Å²) < 4.78 is 0. The van der Waals surface area contributed by atoms with Gasteiger partial charge in [-0.25, -0.2) is 0 Å². The van der Waals surface area contributed by atoms with Crippen molar-refractivity contribution >= 4 is 46.4 Å². The van der Waals surface area contributed by atoms with E-state index in [2.05, 4.69) is 196 Å². The van der Waals surface area contributed by atoms with Gasteiger partial charge in [-0.05, 0) is 413 Å². The molecule has 12 nitrogen and oxygen atoms in total. The summed E-state index contributed by atoms with van der Waals surface area (Å²) in [5.74, 6) is 10.2. The number of aromatic nitrogens is 4. The molecule has 4 aromatic heterocycles. The molecule has 0 N–H and O–H groups in total. The van der Waals surface area contributed by atoms with Crippen molar-refractivity contribution in [3.63, 3.8) is 0 Å². The van der Waals surface area contributed by atoms with Gasteiger partial charge in [0.15, 0.2) is 0 Å². The molecule has 12 fully saturated rings. The molecular weight excluding hydrogens is 1430 g/mol. The van der Waals surface area contributed by atoms with E-state index in [0.717, 1.165) is 104 Å². The number of rotatable bonds is 6. The van der Waals surface area contributed by atoms with Crippen molar-refractivity contribution in [1.29, 1.82) is 0 Å². The number of piperidine rings is 4. The van der Waals surface area contributed by atoms with E-state index >= 15 is 0 Å². The fourth-order valence-corrected chi connectivity index (χ4v) is 32.6. The van der Waals surface area contributed by atoms with Crippen molar-refractivity contribution in [3.8, 4) is 0 Å². The van der Waals surface area contributed by atoms with Gasteiger partial charge in [-0.15, -0.1) is 0 Å². The molecule has 12 heteroatoms. The van der Waals surface area contributed by atoms with E-state index in [9.17, 15) is 19.2 Å². The van der Waals surface area contributed by atoms with E-state index in [1.807, 2.05) is 31.7 Å². The van der Waals surface area contributed by atoms with Crippen molar-refractivity contribution < 1.29 is 19.2 Å². The van der Waals surface area contributed by atoms with Crippen LogP contribution in [0.5, 0.6) is 0 Å². The maximum Gasteiger partial charge on any atom is 0.222 e. The van der Waals surface area contributed by atoms with Gasteiger partial charge in [0.1, 0.15) is 0 Å². The largest absolute Gasteiger partial charge is 0.342 e. The second-order valence-corrected chi connectivity index (χ2v) is 43.3. The highest BCUT2D eigenvalue weighted by molar-refractivity contribution is 5.78. The predicted molar refractivity (Wildman–Crippen MR) is 469 cm³/mol. The zero-order chi connectivity index (χ0) is 81.4. The van der Waals surface area contributed by atoms with Gasteiger partial charge in [-0.3, -0.25) is 39.1 Å². The zero-order valence-electron chi connectivity index (χ0n) is 74.1. The molecule has 4 aliphatic heterocycles. The van der Waals surface area contributed by atoms with E-state index in [1.165, 1.54) is 224 Å². The minimum atomic E-state index is 0.285. The molecule has 24 atom stereocenters. The van der Waals surface area contributed by atoms with Gasteiger partial charge in [-0.2, -0.15) is 0 Å². The van der Waals surface area contributed by atoms with Crippen LogP contribution >= 0.6 is 0 Å². The molecule has 0 aromatic carbocycles. The number of nitrogens with zero attached hydrogens (tertiary/aromatic N) is 8. The van der Waals surface area contributed by atoms with Crippen molar-refractivity contribution in [2.75, 3.05) is 26.2 Å². The smallest absolute Gasteiger partial charge is 0.222 e. The first-order valence-corrected chi connectivity index (χ1v) is 47.1. The monoisotopic (exact) mass is 1570 g/mol. The molecule has 624 valence electrons. The number of amides is 4. The van der Waals surface area contributed by atoms with E-state index < -0.39 is 0 Å². The lowest BCUT2D eigenvalue weighted by Gasteiger charge is -2.62. The van der Waals surface area contributed by atoms with E-state index in [1.54, 1.807) is 36.1 Å². The Morgan fingerprint density at radius 1 is 0.353 bits per heavy atom. The van der Waals surface area contributed by atoms with Crippen LogP contribution in [0.15, 0.2) is 98.1 Å². The molecule has 0 radical (unpaired) electrons. The Kier molecular flexibility index (Phi) is 22.0. The van der Waals surface area contributed by atoms with Crippen LogP contribution in [0.1, 0.15) is 307 Å². The lowest BCUT2D eigenvalue weighted by atomic mass is 9.46. The van der Waals surface area contributed by atoms with Gasteiger partial charge in [-0.1, -0.05) is 86.6 Å². The third-order valence-corrected chi connectivity index (χ3v) is 37.9. The number of fused-ring (bicyclic) bond motifs is 20. The standard InChI is InChI=1S/C27H38N2O.2C26H36N2O.C25H34N2O/c1-5-25(30)29-14-6-12-27(4)23-11-13-26(3)21(19-15-18(2)16-28-17-19)8-9-22(26)20(23)7-10-24(27)29;2*1-17-14-19(16-27-15-17)21-7-8-22-20-6-9-24-26(4,11-5-13-28(24)18(2)29)23(20)10-12-25(21,22)3;1-17-13-18(15-26-14-17)20-6-7-21-19-5-8-23-25(3,10-4-12-27(23)16-28)22(19)9-11-24(20,21)2/h8,15-17,20,22-24H,5-7,9-14H2,1-4H3;2*7,14-16,20,22-24H,5-6,8-13H2,1-4H3;6,13-16,19,21-23H,4-5,7-12H2,1-3H3/t20-,22-,23?,24?,26+,27+;20-,22-,23?,24?,25+,26+;20-,22-,23-,24?,25+,26+;19-,21-,22-,23?,24+,25+/m0000/s1. The molecule has 6 unspecified atom stereocenters. The number of pyridine rings is 4. The molecular formula is C104H144N8O4. The Labute approximate surface area is 698 Å². The molecule has 12 aliphatic carbocycles. The summed E-state index contributed by atoms with van der Waals surface area (Å²) >= 11 is 0. The Balaban J connectivity index is 0.000000111. The number of carbonyl (C=O) groups excluding carboxylic acids is 4. The minimum Gasteiger partial charge on any atom is -0.342 e. The summed E-state index contributed by atoms with van der Waals surface area (Å²) in [7, 11) is 0. The SMILES string of the molecule is CC(=O)N1CCC[C@@]2(C)C1CC[C@@H]1[C@@H]2CC[C@]2(C)C(c3cncc(C)c3)=CC[C@@H]12.CC(=O)N1CCC[C@]2(C)C3CC[C@]4(C)C(c5cncc(C)c5)=CC[C@H]4[C@@H]3CCC12.CCC(=O)N1CCC[C@]2(C)C3CC[C@]4(C)C(c5cncc(C)c5)=CC[C@H]4[C@@H]3CCC12.Cc1cncc(C2=CC[C@H]3[C@@H]4CCC5N(C=O)CCC[C@]5(C)[C@H]4CC[C@]23C)c1. The molecule has 116 heavy (non-hydrogen) atoms. The maximum atomic E-state index is 12.7. The molecule has 20 rings (SSSR count). The van der Waals surface area contributed by atoms with Gasteiger partial charge in [0.25, 0.3) is 0 Å². The van der Waals surface area contributed by atoms with E-state index in [0.29, 0.717) is 63.6 Å². The lowest BCUT2D eigenvalue weighted by Crippen LogP contribution is -2.61. The number of aryl methyl sites for hydroxylation is 4. The highest BCUT2D eigenvalue weighted by atomic mass is 16.2. The van der Waals surface area contributed by atoms with Crippen LogP contribution in [0.25, 0.3) is 22.3 Å². The molecule has 4 amide bonds. The molecule has 4 saturated heterocycles. The summed E-state index contributed by atoms with van der Waals surface area (Å²) in [5.41, 5.74) is 19.0. The highest BCUT2D eigenvalue weighted by Gasteiger charge is 2.65. The van der Waals surface area contributed by atoms with Crippen LogP contribution in [0, 0.1) is 142 Å². The van der Waals surface area contributed by atoms with Gasteiger partial charge in [0, 0.05) is 120 Å². The zero-order valence-corrected chi connectivity index (χ0v) is 74.1. The van der Waals surface area contributed by atoms with E-state index in [-0.39, 0.29) is 28.1 Å². The Bertz CT molecular complexity index is 4390. The second kappa shape index (κ2) is 31.2. The fourth-order valence-electron chi connectivity index (χ4n) is 32.6. The van der Waals surface area contributed by atoms with Crippen molar-refractivity contribution in [2.45, 2.75) is 314 Å². The summed E-state index contributed by atoms with van der Waals surface area (Å²) in [4.78, 5) is 75.9. The van der Waals surface area contributed by atoms with Crippen LogP contribution < -0.4 is 0 Å². The summed E-state index contributed by atoms with van der Waals surface area (Å²) in [5, 5.41) is 0. The molecule has 8 heterocycles. The van der Waals surface area contributed by atoms with Crippen LogP contribution in [-0.2, 0) is 19.2 Å². The number of hydrogen-bond donors (Lipinski definition) is 0. The average Bonchev–Trinajstić information content (AvgIpc) is 1.33. The van der Waals surface area contributed by atoms with Crippen molar-refractivity contribution in [1.82, 2.24) is 39.5 Å². The lowest BCUT2D eigenvalue weighted by molar-refractivity contribution is -0.153. The number of likely N-dealkylation sites (tertiary alicyclic amines) is 4. The Morgan fingerprint density at radius 2 is 0.621 bits per heavy atom. The van der Waals surface area contributed by atoms with Crippen LogP contribution in [0.4, 0.5) is 0 Å². The van der Waals surface area contributed by atoms with Gasteiger partial charge in [0.2, 0.25) is 24.1 Å². The van der Waals surface area contributed by atoms with Crippen LogP contribution in [-0.4, -0.2) is 114 Å². The fraction of sp³-hybridized carbons (Fsp3) is 0.692. The average molecular weight is 1570 g/mol. The third-order valence-electron chi connectivity index (χ3n) is 37.9. The van der Waals surface area contributed by atoms with E-state index in [4.69, 9.17) is 0 Å². The normalized spacial score (nSPS) is 41.2. The molecule has 4 aromatic rings. The first-order chi connectivity index (χ1) is 55.5. The van der Waals surface area contributed by atoms with Crippen LogP contribution in [0.2, 0.25) is 0 Å². The van der Waals surface area contributed by atoms with Gasteiger partial charge < -0.3 is 19.6 Å². The van der Waals surface area contributed by atoms with Crippen molar-refractivity contribution in [3.05, 3.63) is 143 Å². The van der Waals surface area contributed by atoms with Gasteiger partial charge >= 0.3 is 0 Å². The molecule has 16 aliphatic rings. The quantitative estimate of drug-likeness (QED) is 0.174. The summed E-state index contributed by atoms with van der Waals surface area (Å²) in [6.45, 7) is 38.3. The Morgan fingerprint density at radius 3 is 0.897 bits per heavy atom. The minimum absolute atomic E-state index is 0.285. The first-order valence-electron chi connectivity index (χ1n) is 47.1. The molecule has 8 saturated carbocycles. The number of hydrogen-bond acceptors (Lipinski definition) is 8. The van der Waals surface area contributed by atoms with Gasteiger partial charge in [0.05, 0.1) is 0 Å². The predicted octanol–water partition coefficient (Wildman–Crippen LogP) is 22.5. The Hall–Kier alpha value is -6.56. The number of allylic oxidation sites excluding steroid dienone is 8. The summed E-state index contributed by atoms with van der Waals surface area (Å²) in [6.07, 6.45) is 63.2. The molecule has 0 spiro atoms.